The van der Waals surface area contributed by atoms with E-state index in [1.54, 1.807) is 6.07 Å². The molecule has 0 saturated carbocycles. The number of pyridine rings is 1. The van der Waals surface area contributed by atoms with Crippen LogP contribution in [0.5, 0.6) is 0 Å². The molecule has 0 unspecified atom stereocenters. The standard InChI is InChI=1S/C15H18F2N2/c1-4-18-13-8-10(7-9(2)3)19-15-11(13)5-6-12(16)14(15)17/h5-6,8-9H,4,7H2,1-3H3,(H,18,19). The summed E-state index contributed by atoms with van der Waals surface area (Å²) >= 11 is 0. The molecule has 2 rings (SSSR count). The SMILES string of the molecule is CCNc1cc(CC(C)C)nc2c(F)c(F)ccc12. The topological polar surface area (TPSA) is 24.9 Å². The fourth-order valence-electron chi connectivity index (χ4n) is 2.15. The summed E-state index contributed by atoms with van der Waals surface area (Å²) in [6.45, 7) is 6.83. The van der Waals surface area contributed by atoms with Gasteiger partial charge < -0.3 is 5.32 Å². The minimum Gasteiger partial charge on any atom is -0.385 e. The summed E-state index contributed by atoms with van der Waals surface area (Å²) in [6, 6.07) is 4.63. The van der Waals surface area contributed by atoms with E-state index in [1.807, 2.05) is 13.0 Å². The molecule has 19 heavy (non-hydrogen) atoms. The lowest BCUT2D eigenvalue weighted by atomic mass is 10.0. The van der Waals surface area contributed by atoms with E-state index in [1.165, 1.54) is 0 Å². The molecule has 102 valence electrons. The molecule has 0 fully saturated rings. The van der Waals surface area contributed by atoms with E-state index in [0.29, 0.717) is 11.3 Å². The maximum absolute atomic E-state index is 13.9. The monoisotopic (exact) mass is 264 g/mol. The van der Waals surface area contributed by atoms with Crippen molar-refractivity contribution in [2.24, 2.45) is 5.92 Å². The van der Waals surface area contributed by atoms with Crippen molar-refractivity contribution in [3.8, 4) is 0 Å². The lowest BCUT2D eigenvalue weighted by molar-refractivity contribution is 0.515. The first-order valence-electron chi connectivity index (χ1n) is 6.54. The average molecular weight is 264 g/mol. The van der Waals surface area contributed by atoms with E-state index in [4.69, 9.17) is 0 Å². The first kappa shape index (κ1) is 13.7. The molecule has 1 N–H and O–H groups in total. The Bertz CT molecular complexity index is 594. The van der Waals surface area contributed by atoms with Crippen LogP contribution in [0.1, 0.15) is 26.5 Å². The van der Waals surface area contributed by atoms with E-state index in [0.717, 1.165) is 30.4 Å². The average Bonchev–Trinajstić information content (AvgIpc) is 2.34. The van der Waals surface area contributed by atoms with E-state index in [-0.39, 0.29) is 5.52 Å². The van der Waals surface area contributed by atoms with Crippen molar-refractivity contribution < 1.29 is 8.78 Å². The quantitative estimate of drug-likeness (QED) is 0.897. The Kier molecular flexibility index (Phi) is 3.98. The molecule has 0 aliphatic heterocycles. The lowest BCUT2D eigenvalue weighted by Crippen LogP contribution is -2.04. The third-order valence-corrected chi connectivity index (χ3v) is 2.91. The molecule has 0 bridgehead atoms. The molecule has 2 aromatic rings. The summed E-state index contributed by atoms with van der Waals surface area (Å²) in [6.07, 6.45) is 0.740. The Hall–Kier alpha value is -1.71. The summed E-state index contributed by atoms with van der Waals surface area (Å²) in [7, 11) is 0. The van der Waals surface area contributed by atoms with Gasteiger partial charge in [0.25, 0.3) is 0 Å². The first-order valence-corrected chi connectivity index (χ1v) is 6.54. The number of rotatable bonds is 4. The summed E-state index contributed by atoms with van der Waals surface area (Å²) < 4.78 is 27.2. The molecule has 1 aromatic heterocycles. The van der Waals surface area contributed by atoms with Crippen molar-refractivity contribution in [3.05, 3.63) is 35.5 Å². The molecule has 0 amide bonds. The fraction of sp³-hybridized carbons (Fsp3) is 0.400. The van der Waals surface area contributed by atoms with E-state index in [9.17, 15) is 8.78 Å². The number of aromatic nitrogens is 1. The van der Waals surface area contributed by atoms with Crippen LogP contribution in [0.3, 0.4) is 0 Å². The van der Waals surface area contributed by atoms with Crippen LogP contribution in [0.2, 0.25) is 0 Å². The van der Waals surface area contributed by atoms with E-state index < -0.39 is 11.6 Å². The van der Waals surface area contributed by atoms with E-state index >= 15 is 0 Å². The predicted octanol–water partition coefficient (Wildman–Crippen LogP) is 4.14. The number of benzene rings is 1. The van der Waals surface area contributed by atoms with Crippen molar-refractivity contribution in [1.82, 2.24) is 4.98 Å². The number of nitrogens with zero attached hydrogens (tertiary/aromatic N) is 1. The number of halogens is 2. The van der Waals surface area contributed by atoms with Gasteiger partial charge in [0.15, 0.2) is 11.6 Å². The summed E-state index contributed by atoms with van der Waals surface area (Å²) in [5, 5.41) is 3.80. The highest BCUT2D eigenvalue weighted by Crippen LogP contribution is 2.27. The normalized spacial score (nSPS) is 11.3. The smallest absolute Gasteiger partial charge is 0.185 e. The Balaban J connectivity index is 2.65. The molecule has 1 heterocycles. The molecule has 0 radical (unpaired) electrons. The molecule has 1 aromatic carbocycles. The van der Waals surface area contributed by atoms with Crippen molar-refractivity contribution in [3.63, 3.8) is 0 Å². The van der Waals surface area contributed by atoms with Crippen LogP contribution in [0.25, 0.3) is 10.9 Å². The van der Waals surface area contributed by atoms with Crippen LogP contribution in [0.4, 0.5) is 14.5 Å². The second-order valence-electron chi connectivity index (χ2n) is 5.05. The van der Waals surface area contributed by atoms with Crippen LogP contribution in [0, 0.1) is 17.6 Å². The predicted molar refractivity (Wildman–Crippen MR) is 74.4 cm³/mol. The summed E-state index contributed by atoms with van der Waals surface area (Å²) in [5.74, 6) is -1.32. The molecule has 0 saturated heterocycles. The molecular formula is C15H18F2N2. The van der Waals surface area contributed by atoms with Gasteiger partial charge in [-0.25, -0.2) is 13.8 Å². The van der Waals surface area contributed by atoms with Gasteiger partial charge in [0, 0.05) is 23.3 Å². The van der Waals surface area contributed by atoms with Crippen molar-refractivity contribution in [2.45, 2.75) is 27.2 Å². The van der Waals surface area contributed by atoms with E-state index in [2.05, 4.69) is 24.1 Å². The number of anilines is 1. The maximum atomic E-state index is 13.9. The number of fused-ring (bicyclic) bond motifs is 1. The van der Waals surface area contributed by atoms with Gasteiger partial charge in [0.1, 0.15) is 5.52 Å². The van der Waals surface area contributed by atoms with Gasteiger partial charge in [0.05, 0.1) is 0 Å². The lowest BCUT2D eigenvalue weighted by Gasteiger charge is -2.12. The Morgan fingerprint density at radius 3 is 2.63 bits per heavy atom. The van der Waals surface area contributed by atoms with Gasteiger partial charge >= 0.3 is 0 Å². The van der Waals surface area contributed by atoms with Crippen LogP contribution in [-0.2, 0) is 6.42 Å². The number of nitrogens with one attached hydrogen (secondary N) is 1. The second kappa shape index (κ2) is 5.51. The van der Waals surface area contributed by atoms with Crippen molar-refractivity contribution in [2.75, 3.05) is 11.9 Å². The van der Waals surface area contributed by atoms with Crippen LogP contribution < -0.4 is 5.32 Å². The molecule has 0 spiro atoms. The highest BCUT2D eigenvalue weighted by molar-refractivity contribution is 5.91. The molecule has 2 nitrogen and oxygen atoms in total. The van der Waals surface area contributed by atoms with Crippen LogP contribution in [0.15, 0.2) is 18.2 Å². The van der Waals surface area contributed by atoms with Crippen LogP contribution in [-0.4, -0.2) is 11.5 Å². The van der Waals surface area contributed by atoms with Gasteiger partial charge in [0.2, 0.25) is 0 Å². The number of hydrogen-bond acceptors (Lipinski definition) is 2. The van der Waals surface area contributed by atoms with Crippen LogP contribution >= 0.6 is 0 Å². The Morgan fingerprint density at radius 2 is 2.00 bits per heavy atom. The van der Waals surface area contributed by atoms with Crippen molar-refractivity contribution >= 4 is 16.6 Å². The largest absolute Gasteiger partial charge is 0.385 e. The zero-order chi connectivity index (χ0) is 14.0. The Morgan fingerprint density at radius 1 is 1.26 bits per heavy atom. The van der Waals surface area contributed by atoms with Crippen molar-refractivity contribution in [1.29, 1.82) is 0 Å². The molecule has 4 heteroatoms. The fourth-order valence-corrected chi connectivity index (χ4v) is 2.15. The highest BCUT2D eigenvalue weighted by Gasteiger charge is 2.13. The second-order valence-corrected chi connectivity index (χ2v) is 5.05. The third-order valence-electron chi connectivity index (χ3n) is 2.91. The Labute approximate surface area is 111 Å². The minimum absolute atomic E-state index is 0.106. The number of hydrogen-bond donors (Lipinski definition) is 1. The molecule has 0 aliphatic carbocycles. The third kappa shape index (κ3) is 2.83. The molecule has 0 atom stereocenters. The zero-order valence-corrected chi connectivity index (χ0v) is 11.4. The molecule has 0 aliphatic rings. The van der Waals surface area contributed by atoms with Gasteiger partial charge in [-0.05, 0) is 37.5 Å². The highest BCUT2D eigenvalue weighted by atomic mass is 19.2. The summed E-state index contributed by atoms with van der Waals surface area (Å²) in [4.78, 5) is 4.26. The molecular weight excluding hydrogens is 246 g/mol. The van der Waals surface area contributed by atoms with Gasteiger partial charge in [-0.1, -0.05) is 13.8 Å². The van der Waals surface area contributed by atoms with Gasteiger partial charge in [-0.3, -0.25) is 0 Å². The summed E-state index contributed by atoms with van der Waals surface area (Å²) in [5.41, 5.74) is 1.69. The maximum Gasteiger partial charge on any atom is 0.185 e. The zero-order valence-electron chi connectivity index (χ0n) is 11.4. The van der Waals surface area contributed by atoms with Gasteiger partial charge in [-0.15, -0.1) is 0 Å². The first-order chi connectivity index (χ1) is 9.02. The van der Waals surface area contributed by atoms with Gasteiger partial charge in [-0.2, -0.15) is 0 Å². The minimum atomic E-state index is -0.873.